The molecule has 3 fully saturated rings. The zero-order valence-corrected chi connectivity index (χ0v) is 9.50. The van der Waals surface area contributed by atoms with Crippen LogP contribution in [-0.4, -0.2) is 48.1 Å². The van der Waals surface area contributed by atoms with Crippen LogP contribution < -0.4 is 0 Å². The van der Waals surface area contributed by atoms with E-state index in [-0.39, 0.29) is 0 Å². The summed E-state index contributed by atoms with van der Waals surface area (Å²) in [4.78, 5) is 5.37. The van der Waals surface area contributed by atoms with Gasteiger partial charge in [0.1, 0.15) is 0 Å². The fraction of sp³-hybridized carbons (Fsp3) is 1.00. The van der Waals surface area contributed by atoms with E-state index in [0.29, 0.717) is 5.41 Å². The number of hydrogen-bond donors (Lipinski definition) is 0. The molecule has 2 nitrogen and oxygen atoms in total. The zero-order valence-electron chi connectivity index (χ0n) is 9.50. The highest BCUT2D eigenvalue weighted by molar-refractivity contribution is 5.04. The Labute approximate surface area is 87.3 Å². The highest BCUT2D eigenvalue weighted by atomic mass is 15.3. The first-order valence-corrected chi connectivity index (χ1v) is 6.17. The van der Waals surface area contributed by atoms with Crippen LogP contribution in [0.5, 0.6) is 0 Å². The van der Waals surface area contributed by atoms with Gasteiger partial charge in [-0.05, 0) is 39.7 Å². The van der Waals surface area contributed by atoms with Gasteiger partial charge < -0.3 is 0 Å². The van der Waals surface area contributed by atoms with Crippen LogP contribution in [-0.2, 0) is 0 Å². The third-order valence-corrected chi connectivity index (χ3v) is 4.34. The summed E-state index contributed by atoms with van der Waals surface area (Å²) < 4.78 is 0. The minimum Gasteiger partial charge on any atom is -0.300 e. The number of rotatable bonds is 2. The second kappa shape index (κ2) is 2.96. The molecule has 1 saturated carbocycles. The molecule has 0 aromatic rings. The van der Waals surface area contributed by atoms with E-state index in [9.17, 15) is 0 Å². The number of hydrogen-bond acceptors (Lipinski definition) is 2. The fourth-order valence-electron chi connectivity index (χ4n) is 3.16. The maximum atomic E-state index is 2.75. The maximum Gasteiger partial charge on any atom is 0.00972 e. The molecule has 2 aliphatic heterocycles. The molecule has 14 heavy (non-hydrogen) atoms. The molecule has 0 radical (unpaired) electrons. The molecule has 2 heteroatoms. The summed E-state index contributed by atoms with van der Waals surface area (Å²) in [5.74, 6) is 0. The Kier molecular flexibility index (Phi) is 1.94. The quantitative estimate of drug-likeness (QED) is 0.658. The lowest BCUT2D eigenvalue weighted by molar-refractivity contribution is -0.0145. The molecule has 2 saturated heterocycles. The smallest absolute Gasteiger partial charge is 0.00972 e. The van der Waals surface area contributed by atoms with Crippen LogP contribution >= 0.6 is 0 Å². The summed E-state index contributed by atoms with van der Waals surface area (Å²) in [6.45, 7) is 10.2. The highest BCUT2D eigenvalue weighted by Gasteiger charge is 2.50. The Bertz CT molecular complexity index is 226. The summed E-state index contributed by atoms with van der Waals surface area (Å²) in [6, 6.07) is 1.75. The highest BCUT2D eigenvalue weighted by Crippen LogP contribution is 2.43. The van der Waals surface area contributed by atoms with Crippen LogP contribution in [0.2, 0.25) is 0 Å². The van der Waals surface area contributed by atoms with E-state index in [2.05, 4.69) is 23.6 Å². The van der Waals surface area contributed by atoms with Gasteiger partial charge in [-0.1, -0.05) is 0 Å². The molecule has 0 aromatic heterocycles. The average molecular weight is 194 g/mol. The molecular formula is C12H22N2. The van der Waals surface area contributed by atoms with Crippen molar-refractivity contribution in [2.45, 2.75) is 45.2 Å². The number of nitrogens with zero attached hydrogens (tertiary/aromatic N) is 2. The van der Waals surface area contributed by atoms with Gasteiger partial charge in [0, 0.05) is 37.1 Å². The summed E-state index contributed by atoms with van der Waals surface area (Å²) in [7, 11) is 0. The zero-order chi connectivity index (χ0) is 9.76. The van der Waals surface area contributed by atoms with Crippen LogP contribution in [0.25, 0.3) is 0 Å². The Morgan fingerprint density at radius 1 is 1.14 bits per heavy atom. The summed E-state index contributed by atoms with van der Waals surface area (Å²) in [5, 5.41) is 0. The van der Waals surface area contributed by atoms with Crippen molar-refractivity contribution in [2.75, 3.05) is 26.2 Å². The van der Waals surface area contributed by atoms with E-state index in [1.807, 2.05) is 0 Å². The van der Waals surface area contributed by atoms with Crippen molar-refractivity contribution in [3.8, 4) is 0 Å². The summed E-state index contributed by atoms with van der Waals surface area (Å²) in [6.07, 6.45) is 4.42. The van der Waals surface area contributed by atoms with Crippen LogP contribution in [0.4, 0.5) is 0 Å². The first-order valence-electron chi connectivity index (χ1n) is 6.17. The SMILES string of the molecule is CC(C)N1CC2(CCN(C3CC3)C2)C1. The lowest BCUT2D eigenvalue weighted by Gasteiger charge is -2.50. The van der Waals surface area contributed by atoms with Crippen molar-refractivity contribution in [2.24, 2.45) is 5.41 Å². The van der Waals surface area contributed by atoms with Crippen LogP contribution in [0.3, 0.4) is 0 Å². The van der Waals surface area contributed by atoms with E-state index >= 15 is 0 Å². The van der Waals surface area contributed by atoms with Crippen molar-refractivity contribution in [3.63, 3.8) is 0 Å². The molecule has 1 aliphatic carbocycles. The third kappa shape index (κ3) is 1.40. The molecule has 80 valence electrons. The largest absolute Gasteiger partial charge is 0.300 e. The molecule has 0 aromatic carbocycles. The monoisotopic (exact) mass is 194 g/mol. The van der Waals surface area contributed by atoms with Gasteiger partial charge in [0.2, 0.25) is 0 Å². The van der Waals surface area contributed by atoms with E-state index in [1.165, 1.54) is 45.4 Å². The van der Waals surface area contributed by atoms with Gasteiger partial charge in [-0.15, -0.1) is 0 Å². The second-order valence-corrected chi connectivity index (χ2v) is 5.95. The summed E-state index contributed by atoms with van der Waals surface area (Å²) >= 11 is 0. The number of likely N-dealkylation sites (tertiary alicyclic amines) is 2. The lowest BCUT2D eigenvalue weighted by Crippen LogP contribution is -2.59. The van der Waals surface area contributed by atoms with Gasteiger partial charge in [-0.3, -0.25) is 9.80 Å². The Morgan fingerprint density at radius 3 is 2.43 bits per heavy atom. The molecule has 3 rings (SSSR count). The predicted octanol–water partition coefficient (Wildman–Crippen LogP) is 1.56. The maximum absolute atomic E-state index is 2.75. The third-order valence-electron chi connectivity index (χ3n) is 4.34. The molecule has 2 heterocycles. The normalized spacial score (nSPS) is 32.8. The molecule has 0 unspecified atom stereocenters. The van der Waals surface area contributed by atoms with Gasteiger partial charge in [0.15, 0.2) is 0 Å². The first-order chi connectivity index (χ1) is 6.69. The van der Waals surface area contributed by atoms with Gasteiger partial charge in [0.25, 0.3) is 0 Å². The van der Waals surface area contributed by atoms with Crippen LogP contribution in [0.15, 0.2) is 0 Å². The lowest BCUT2D eigenvalue weighted by atomic mass is 9.78. The van der Waals surface area contributed by atoms with Crippen molar-refractivity contribution < 1.29 is 0 Å². The van der Waals surface area contributed by atoms with E-state index in [0.717, 1.165) is 12.1 Å². The van der Waals surface area contributed by atoms with Crippen LogP contribution in [0, 0.1) is 5.41 Å². The van der Waals surface area contributed by atoms with Crippen molar-refractivity contribution in [1.29, 1.82) is 0 Å². The Morgan fingerprint density at radius 2 is 1.86 bits per heavy atom. The molecule has 0 atom stereocenters. The van der Waals surface area contributed by atoms with E-state index in [4.69, 9.17) is 0 Å². The van der Waals surface area contributed by atoms with Gasteiger partial charge in [-0.2, -0.15) is 0 Å². The Hall–Kier alpha value is -0.0800. The van der Waals surface area contributed by atoms with Gasteiger partial charge in [0.05, 0.1) is 0 Å². The minimum atomic E-state index is 0.715. The van der Waals surface area contributed by atoms with Crippen LogP contribution in [0.1, 0.15) is 33.1 Å². The standard InChI is InChI=1S/C12H22N2/c1-10(2)14-8-12(9-14)5-6-13(7-12)11-3-4-11/h10-11H,3-9H2,1-2H3. The van der Waals surface area contributed by atoms with Crippen molar-refractivity contribution in [3.05, 3.63) is 0 Å². The first kappa shape index (κ1) is 9.17. The van der Waals surface area contributed by atoms with Gasteiger partial charge in [-0.25, -0.2) is 0 Å². The minimum absolute atomic E-state index is 0.715. The molecule has 1 spiro atoms. The molecule has 0 amide bonds. The summed E-state index contributed by atoms with van der Waals surface area (Å²) in [5.41, 5.74) is 0.715. The van der Waals surface area contributed by atoms with Gasteiger partial charge >= 0.3 is 0 Å². The molecule has 0 N–H and O–H groups in total. The average Bonchev–Trinajstić information content (AvgIpc) is 2.81. The van der Waals surface area contributed by atoms with Crippen molar-refractivity contribution >= 4 is 0 Å². The Balaban J connectivity index is 1.56. The molecule has 3 aliphatic rings. The topological polar surface area (TPSA) is 6.48 Å². The van der Waals surface area contributed by atoms with E-state index < -0.39 is 0 Å². The molecule has 0 bridgehead atoms. The van der Waals surface area contributed by atoms with E-state index in [1.54, 1.807) is 0 Å². The fourth-order valence-corrected chi connectivity index (χ4v) is 3.16. The second-order valence-electron chi connectivity index (χ2n) is 5.95. The molecular weight excluding hydrogens is 172 g/mol. The predicted molar refractivity (Wildman–Crippen MR) is 58.4 cm³/mol. The van der Waals surface area contributed by atoms with Crippen molar-refractivity contribution in [1.82, 2.24) is 9.80 Å².